The van der Waals surface area contributed by atoms with Crippen molar-refractivity contribution in [1.29, 1.82) is 0 Å². The average Bonchev–Trinajstić information content (AvgIpc) is 2.96. The van der Waals surface area contributed by atoms with Gasteiger partial charge in [-0.2, -0.15) is 0 Å². The Hall–Kier alpha value is -2.07. The number of carbonyl (C=O) groups is 1. The maximum atomic E-state index is 11.8. The Labute approximate surface area is 112 Å². The Balaban J connectivity index is 1.73. The average molecular weight is 258 g/mol. The van der Waals surface area contributed by atoms with E-state index < -0.39 is 6.04 Å². The molecule has 0 aliphatic carbocycles. The molecule has 0 bridgehead atoms. The number of nitrogens with two attached hydrogens (primary N) is 1. The van der Waals surface area contributed by atoms with E-state index in [2.05, 4.69) is 5.32 Å². The van der Waals surface area contributed by atoms with Crippen LogP contribution in [0.15, 0.2) is 53.3 Å². The highest BCUT2D eigenvalue weighted by molar-refractivity contribution is 5.81. The third-order valence-electron chi connectivity index (χ3n) is 2.97. The monoisotopic (exact) mass is 258 g/mol. The number of benzene rings is 1. The maximum Gasteiger partial charge on any atom is 0.237 e. The Morgan fingerprint density at radius 3 is 2.68 bits per heavy atom. The van der Waals surface area contributed by atoms with Gasteiger partial charge in [0.1, 0.15) is 0 Å². The SMILES string of the molecule is N[C@@H](CCc1ccccc1)C(=O)NCc1ccoc1. The third kappa shape index (κ3) is 4.26. The number of nitrogens with one attached hydrogen (secondary N) is 1. The van der Waals surface area contributed by atoms with Crippen LogP contribution in [0.1, 0.15) is 17.5 Å². The molecule has 4 heteroatoms. The van der Waals surface area contributed by atoms with Crippen LogP contribution in [-0.4, -0.2) is 11.9 Å². The lowest BCUT2D eigenvalue weighted by atomic mass is 10.1. The number of aryl methyl sites for hydroxylation is 1. The van der Waals surface area contributed by atoms with E-state index in [-0.39, 0.29) is 5.91 Å². The molecule has 0 saturated carbocycles. The van der Waals surface area contributed by atoms with Gasteiger partial charge in [-0.05, 0) is 24.5 Å². The molecule has 0 fully saturated rings. The van der Waals surface area contributed by atoms with Crippen molar-refractivity contribution in [2.24, 2.45) is 5.73 Å². The molecule has 0 unspecified atom stereocenters. The summed E-state index contributed by atoms with van der Waals surface area (Å²) in [5.74, 6) is -0.128. The minimum absolute atomic E-state index is 0.128. The first-order valence-electron chi connectivity index (χ1n) is 6.34. The normalized spacial score (nSPS) is 12.1. The molecule has 2 rings (SSSR count). The zero-order valence-corrected chi connectivity index (χ0v) is 10.7. The second-order valence-corrected chi connectivity index (χ2v) is 4.48. The summed E-state index contributed by atoms with van der Waals surface area (Å²) in [6.07, 6.45) is 4.63. The summed E-state index contributed by atoms with van der Waals surface area (Å²) >= 11 is 0. The summed E-state index contributed by atoms with van der Waals surface area (Å²) in [5.41, 5.74) is 8.00. The summed E-state index contributed by atoms with van der Waals surface area (Å²) in [7, 11) is 0. The molecule has 0 spiro atoms. The smallest absolute Gasteiger partial charge is 0.237 e. The molecule has 1 aromatic heterocycles. The van der Waals surface area contributed by atoms with Crippen LogP contribution in [0.4, 0.5) is 0 Å². The van der Waals surface area contributed by atoms with E-state index >= 15 is 0 Å². The molecule has 19 heavy (non-hydrogen) atoms. The number of hydrogen-bond donors (Lipinski definition) is 2. The molecule has 0 aliphatic rings. The van der Waals surface area contributed by atoms with E-state index in [9.17, 15) is 4.79 Å². The fourth-order valence-electron chi connectivity index (χ4n) is 1.81. The molecular formula is C15H18N2O2. The van der Waals surface area contributed by atoms with Crippen molar-refractivity contribution in [1.82, 2.24) is 5.32 Å². The minimum atomic E-state index is -0.480. The van der Waals surface area contributed by atoms with Gasteiger partial charge in [-0.25, -0.2) is 0 Å². The fraction of sp³-hybridized carbons (Fsp3) is 0.267. The molecule has 2 aromatic rings. The van der Waals surface area contributed by atoms with Crippen molar-refractivity contribution in [3.05, 3.63) is 60.1 Å². The molecule has 0 saturated heterocycles. The molecule has 0 radical (unpaired) electrons. The van der Waals surface area contributed by atoms with Crippen LogP contribution < -0.4 is 11.1 Å². The predicted molar refractivity (Wildman–Crippen MR) is 73.3 cm³/mol. The minimum Gasteiger partial charge on any atom is -0.472 e. The topological polar surface area (TPSA) is 68.3 Å². The van der Waals surface area contributed by atoms with Gasteiger partial charge in [-0.15, -0.1) is 0 Å². The van der Waals surface area contributed by atoms with E-state index in [0.29, 0.717) is 13.0 Å². The van der Waals surface area contributed by atoms with Gasteiger partial charge in [-0.1, -0.05) is 30.3 Å². The van der Waals surface area contributed by atoms with E-state index in [4.69, 9.17) is 10.2 Å². The lowest BCUT2D eigenvalue weighted by Crippen LogP contribution is -2.40. The number of furan rings is 1. The van der Waals surface area contributed by atoms with Crippen molar-refractivity contribution >= 4 is 5.91 Å². The van der Waals surface area contributed by atoms with Crippen molar-refractivity contribution in [3.8, 4) is 0 Å². The highest BCUT2D eigenvalue weighted by Crippen LogP contribution is 2.04. The Morgan fingerprint density at radius 2 is 2.00 bits per heavy atom. The number of carbonyl (C=O) groups excluding carboxylic acids is 1. The number of hydrogen-bond acceptors (Lipinski definition) is 3. The second-order valence-electron chi connectivity index (χ2n) is 4.48. The zero-order chi connectivity index (χ0) is 13.5. The third-order valence-corrected chi connectivity index (χ3v) is 2.97. The van der Waals surface area contributed by atoms with E-state index in [0.717, 1.165) is 12.0 Å². The highest BCUT2D eigenvalue weighted by atomic mass is 16.3. The van der Waals surface area contributed by atoms with Crippen molar-refractivity contribution in [3.63, 3.8) is 0 Å². The molecule has 1 heterocycles. The first-order valence-corrected chi connectivity index (χ1v) is 6.34. The van der Waals surface area contributed by atoms with E-state index in [1.807, 2.05) is 36.4 Å². The number of amides is 1. The van der Waals surface area contributed by atoms with Gasteiger partial charge in [0.15, 0.2) is 0 Å². The maximum absolute atomic E-state index is 11.8. The molecule has 0 aliphatic heterocycles. The summed E-state index contributed by atoms with van der Waals surface area (Å²) in [6, 6.07) is 11.4. The van der Waals surface area contributed by atoms with Crippen LogP contribution in [0, 0.1) is 0 Å². The van der Waals surface area contributed by atoms with Crippen LogP contribution in [0.25, 0.3) is 0 Å². The van der Waals surface area contributed by atoms with Gasteiger partial charge >= 0.3 is 0 Å². The lowest BCUT2D eigenvalue weighted by molar-refractivity contribution is -0.122. The first kappa shape index (κ1) is 13.4. The van der Waals surface area contributed by atoms with Gasteiger partial charge in [0.2, 0.25) is 5.91 Å². The van der Waals surface area contributed by atoms with Crippen molar-refractivity contribution < 1.29 is 9.21 Å². The molecule has 100 valence electrons. The largest absolute Gasteiger partial charge is 0.472 e. The van der Waals surface area contributed by atoms with Gasteiger partial charge in [0.05, 0.1) is 18.6 Å². The molecular weight excluding hydrogens is 240 g/mol. The fourth-order valence-corrected chi connectivity index (χ4v) is 1.81. The summed E-state index contributed by atoms with van der Waals surface area (Å²) < 4.78 is 4.93. The van der Waals surface area contributed by atoms with Crippen LogP contribution in [0.5, 0.6) is 0 Å². The highest BCUT2D eigenvalue weighted by Gasteiger charge is 2.12. The molecule has 1 aromatic carbocycles. The number of rotatable bonds is 6. The second kappa shape index (κ2) is 6.75. The van der Waals surface area contributed by atoms with Gasteiger partial charge in [-0.3, -0.25) is 4.79 Å². The van der Waals surface area contributed by atoms with Gasteiger partial charge < -0.3 is 15.5 Å². The van der Waals surface area contributed by atoms with Crippen molar-refractivity contribution in [2.75, 3.05) is 0 Å². The quantitative estimate of drug-likeness (QED) is 0.831. The van der Waals surface area contributed by atoms with Gasteiger partial charge in [0, 0.05) is 12.1 Å². The van der Waals surface area contributed by atoms with Crippen molar-refractivity contribution in [2.45, 2.75) is 25.4 Å². The summed E-state index contributed by atoms with van der Waals surface area (Å²) in [5, 5.41) is 2.80. The van der Waals surface area contributed by atoms with Crippen LogP contribution in [0.2, 0.25) is 0 Å². The van der Waals surface area contributed by atoms with E-state index in [1.54, 1.807) is 12.5 Å². The molecule has 3 N–H and O–H groups in total. The van der Waals surface area contributed by atoms with Gasteiger partial charge in [0.25, 0.3) is 0 Å². The Morgan fingerprint density at radius 1 is 1.21 bits per heavy atom. The first-order chi connectivity index (χ1) is 9.25. The predicted octanol–water partition coefficient (Wildman–Crippen LogP) is 1.86. The van der Waals surface area contributed by atoms with Crippen LogP contribution in [0.3, 0.4) is 0 Å². The molecule has 1 amide bonds. The Kier molecular flexibility index (Phi) is 4.75. The molecule has 4 nitrogen and oxygen atoms in total. The zero-order valence-electron chi connectivity index (χ0n) is 10.7. The van der Waals surface area contributed by atoms with Crippen LogP contribution in [-0.2, 0) is 17.8 Å². The van der Waals surface area contributed by atoms with Crippen LogP contribution >= 0.6 is 0 Å². The Bertz CT molecular complexity index is 494. The molecule has 1 atom stereocenters. The standard InChI is InChI=1S/C15H18N2O2/c16-14(7-6-12-4-2-1-3-5-12)15(18)17-10-13-8-9-19-11-13/h1-5,8-9,11,14H,6-7,10,16H2,(H,17,18)/t14-/m0/s1. The summed E-state index contributed by atoms with van der Waals surface area (Å²) in [4.78, 5) is 11.8. The summed E-state index contributed by atoms with van der Waals surface area (Å²) in [6.45, 7) is 0.453. The lowest BCUT2D eigenvalue weighted by Gasteiger charge is -2.11. The van der Waals surface area contributed by atoms with E-state index in [1.165, 1.54) is 5.56 Å².